The van der Waals surface area contributed by atoms with Crippen molar-refractivity contribution in [2.45, 2.75) is 32.2 Å². The zero-order valence-electron chi connectivity index (χ0n) is 9.93. The van der Waals surface area contributed by atoms with E-state index in [2.05, 4.69) is 12.2 Å². The van der Waals surface area contributed by atoms with Gasteiger partial charge in [-0.1, -0.05) is 36.2 Å². The first-order valence-electron chi connectivity index (χ1n) is 6.08. The number of hydrogen-bond acceptors (Lipinski definition) is 2. The van der Waals surface area contributed by atoms with E-state index < -0.39 is 0 Å². The Morgan fingerprint density at radius 2 is 2.24 bits per heavy atom. The van der Waals surface area contributed by atoms with Gasteiger partial charge >= 0.3 is 0 Å². The van der Waals surface area contributed by atoms with E-state index in [1.54, 1.807) is 0 Å². The second kappa shape index (κ2) is 5.94. The van der Waals surface area contributed by atoms with Gasteiger partial charge in [-0.25, -0.2) is 0 Å². The zero-order chi connectivity index (χ0) is 12.3. The number of rotatable bonds is 3. The number of benzene rings is 1. The summed E-state index contributed by atoms with van der Waals surface area (Å²) in [5, 5.41) is 4.63. The molecule has 2 rings (SSSR count). The first kappa shape index (κ1) is 13.0. The van der Waals surface area contributed by atoms with Crippen molar-refractivity contribution in [3.8, 4) is 5.75 Å². The van der Waals surface area contributed by atoms with Gasteiger partial charge in [0.1, 0.15) is 10.8 Å². The number of halogens is 2. The first-order chi connectivity index (χ1) is 8.24. The fourth-order valence-electron chi connectivity index (χ4n) is 2.12. The second-order valence-corrected chi connectivity index (χ2v) is 5.06. The Labute approximate surface area is 112 Å². The van der Waals surface area contributed by atoms with Crippen LogP contribution in [-0.2, 0) is 0 Å². The van der Waals surface area contributed by atoms with Gasteiger partial charge in [-0.2, -0.15) is 0 Å². The molecule has 1 aliphatic heterocycles. The highest BCUT2D eigenvalue weighted by atomic mass is 35.5. The minimum atomic E-state index is 0.321. The van der Waals surface area contributed by atoms with E-state index in [9.17, 15) is 0 Å². The summed E-state index contributed by atoms with van der Waals surface area (Å²) >= 11 is 12.2. The van der Waals surface area contributed by atoms with Gasteiger partial charge in [0.25, 0.3) is 0 Å². The number of fused-ring (bicyclic) bond motifs is 1. The van der Waals surface area contributed by atoms with Crippen molar-refractivity contribution in [3.05, 3.63) is 27.7 Å². The van der Waals surface area contributed by atoms with E-state index in [0.29, 0.717) is 22.7 Å². The fourth-order valence-corrected chi connectivity index (χ4v) is 2.49. The molecular weight excluding hydrogens is 257 g/mol. The van der Waals surface area contributed by atoms with Gasteiger partial charge < -0.3 is 10.1 Å². The summed E-state index contributed by atoms with van der Waals surface area (Å²) in [4.78, 5) is 0. The van der Waals surface area contributed by atoms with Gasteiger partial charge in [0.05, 0.1) is 11.6 Å². The molecule has 17 heavy (non-hydrogen) atoms. The van der Waals surface area contributed by atoms with Crippen molar-refractivity contribution >= 4 is 23.2 Å². The maximum atomic E-state index is 6.20. The summed E-state index contributed by atoms with van der Waals surface area (Å²) in [5.74, 6) is 0.755. The molecule has 94 valence electrons. The van der Waals surface area contributed by atoms with Gasteiger partial charge in [-0.15, -0.1) is 0 Å². The molecule has 0 saturated heterocycles. The SMILES string of the molecule is CCCNC1CCCOc2c1ccc(Cl)c2Cl. The minimum absolute atomic E-state index is 0.321. The Morgan fingerprint density at radius 1 is 1.41 bits per heavy atom. The Bertz CT molecular complexity index is 395. The van der Waals surface area contributed by atoms with Gasteiger partial charge in [-0.05, 0) is 31.9 Å². The average Bonchev–Trinajstić information content (AvgIpc) is 2.54. The van der Waals surface area contributed by atoms with Gasteiger partial charge in [0, 0.05) is 11.6 Å². The highest BCUT2D eigenvalue weighted by Gasteiger charge is 2.22. The van der Waals surface area contributed by atoms with E-state index >= 15 is 0 Å². The molecule has 0 bridgehead atoms. The van der Waals surface area contributed by atoms with Gasteiger partial charge in [-0.3, -0.25) is 0 Å². The molecule has 1 N–H and O–H groups in total. The predicted octanol–water partition coefficient (Wildman–Crippen LogP) is 4.21. The molecule has 0 fully saturated rings. The standard InChI is InChI=1S/C13H17Cl2NO/c1-2-7-16-11-4-3-8-17-13-9(11)5-6-10(14)12(13)15/h5-6,11,16H,2-4,7-8H2,1H3. The Kier molecular flexibility index (Phi) is 4.55. The fraction of sp³-hybridized carbons (Fsp3) is 0.538. The predicted molar refractivity (Wildman–Crippen MR) is 72.2 cm³/mol. The highest BCUT2D eigenvalue weighted by Crippen LogP contribution is 2.40. The summed E-state index contributed by atoms with van der Waals surface area (Å²) in [6.45, 7) is 3.87. The Balaban J connectivity index is 2.32. The monoisotopic (exact) mass is 273 g/mol. The number of nitrogens with one attached hydrogen (secondary N) is 1. The van der Waals surface area contributed by atoms with Crippen molar-refractivity contribution in [1.29, 1.82) is 0 Å². The van der Waals surface area contributed by atoms with Gasteiger partial charge in [0.15, 0.2) is 0 Å². The van der Waals surface area contributed by atoms with Crippen molar-refractivity contribution in [2.24, 2.45) is 0 Å². The summed E-state index contributed by atoms with van der Waals surface area (Å²) in [6, 6.07) is 4.18. The molecule has 4 heteroatoms. The van der Waals surface area contributed by atoms with E-state index in [0.717, 1.165) is 37.1 Å². The molecule has 1 unspecified atom stereocenters. The summed E-state index contributed by atoms with van der Waals surface area (Å²) in [7, 11) is 0. The molecule has 1 atom stereocenters. The Hall–Kier alpha value is -0.440. The molecule has 0 radical (unpaired) electrons. The maximum absolute atomic E-state index is 6.20. The van der Waals surface area contributed by atoms with Crippen molar-refractivity contribution in [2.75, 3.05) is 13.2 Å². The van der Waals surface area contributed by atoms with Crippen molar-refractivity contribution in [3.63, 3.8) is 0 Å². The third-order valence-electron chi connectivity index (χ3n) is 2.98. The van der Waals surface area contributed by atoms with Crippen LogP contribution in [0.25, 0.3) is 0 Å². The Morgan fingerprint density at radius 3 is 3.00 bits per heavy atom. The molecule has 0 saturated carbocycles. The molecule has 1 aromatic rings. The zero-order valence-corrected chi connectivity index (χ0v) is 11.4. The molecule has 0 amide bonds. The van der Waals surface area contributed by atoms with E-state index in [-0.39, 0.29) is 0 Å². The van der Waals surface area contributed by atoms with Crippen molar-refractivity contribution in [1.82, 2.24) is 5.32 Å². The van der Waals surface area contributed by atoms with Crippen LogP contribution in [0.2, 0.25) is 10.0 Å². The van der Waals surface area contributed by atoms with Crippen LogP contribution in [0.5, 0.6) is 5.75 Å². The lowest BCUT2D eigenvalue weighted by molar-refractivity contribution is 0.315. The third kappa shape index (κ3) is 2.87. The van der Waals surface area contributed by atoms with Crippen LogP contribution < -0.4 is 10.1 Å². The summed E-state index contributed by atoms with van der Waals surface area (Å²) < 4.78 is 5.71. The second-order valence-electron chi connectivity index (χ2n) is 4.28. The molecule has 1 heterocycles. The molecule has 2 nitrogen and oxygen atoms in total. The van der Waals surface area contributed by atoms with Crippen molar-refractivity contribution < 1.29 is 4.74 Å². The van der Waals surface area contributed by atoms with Crippen LogP contribution in [-0.4, -0.2) is 13.2 Å². The molecule has 1 aromatic carbocycles. The third-order valence-corrected chi connectivity index (χ3v) is 3.77. The summed E-state index contributed by atoms with van der Waals surface area (Å²) in [6.07, 6.45) is 3.23. The lowest BCUT2D eigenvalue weighted by Gasteiger charge is -2.19. The van der Waals surface area contributed by atoms with Crippen LogP contribution >= 0.6 is 23.2 Å². The molecular formula is C13H17Cl2NO. The molecule has 0 aromatic heterocycles. The number of ether oxygens (including phenoxy) is 1. The lowest BCUT2D eigenvalue weighted by atomic mass is 10.0. The first-order valence-corrected chi connectivity index (χ1v) is 6.83. The van der Waals surface area contributed by atoms with E-state index in [1.807, 2.05) is 12.1 Å². The minimum Gasteiger partial charge on any atom is -0.492 e. The lowest BCUT2D eigenvalue weighted by Crippen LogP contribution is -2.21. The quantitative estimate of drug-likeness (QED) is 0.891. The largest absolute Gasteiger partial charge is 0.492 e. The van der Waals surface area contributed by atoms with Gasteiger partial charge in [0.2, 0.25) is 0 Å². The number of hydrogen-bond donors (Lipinski definition) is 1. The van der Waals surface area contributed by atoms with Crippen LogP contribution in [0.1, 0.15) is 37.8 Å². The molecule has 0 aliphatic carbocycles. The maximum Gasteiger partial charge on any atom is 0.144 e. The topological polar surface area (TPSA) is 21.3 Å². The molecule has 0 spiro atoms. The van der Waals surface area contributed by atoms with E-state index in [1.165, 1.54) is 0 Å². The van der Waals surface area contributed by atoms with Crippen LogP contribution in [0.15, 0.2) is 12.1 Å². The van der Waals surface area contributed by atoms with Crippen LogP contribution in [0.4, 0.5) is 0 Å². The van der Waals surface area contributed by atoms with E-state index in [4.69, 9.17) is 27.9 Å². The molecule has 1 aliphatic rings. The normalized spacial score (nSPS) is 19.4. The van der Waals surface area contributed by atoms with Crippen LogP contribution in [0.3, 0.4) is 0 Å². The van der Waals surface area contributed by atoms with Crippen LogP contribution in [0, 0.1) is 0 Å². The smallest absolute Gasteiger partial charge is 0.144 e. The summed E-state index contributed by atoms with van der Waals surface area (Å²) in [5.41, 5.74) is 1.13. The average molecular weight is 274 g/mol. The highest BCUT2D eigenvalue weighted by molar-refractivity contribution is 6.43.